The highest BCUT2D eigenvalue weighted by Gasteiger charge is 2.42. The van der Waals surface area contributed by atoms with Crippen LogP contribution in [0.4, 0.5) is 0 Å². The molecule has 0 aromatic heterocycles. The Labute approximate surface area is 122 Å². The molecule has 0 bridgehead atoms. The number of fused-ring (bicyclic) bond motifs is 1. The van der Waals surface area contributed by atoms with E-state index in [9.17, 15) is 0 Å². The van der Waals surface area contributed by atoms with Crippen LogP contribution in [0.3, 0.4) is 0 Å². The van der Waals surface area contributed by atoms with Crippen molar-refractivity contribution < 1.29 is 9.47 Å². The van der Waals surface area contributed by atoms with Crippen LogP contribution in [0.2, 0.25) is 0 Å². The first kappa shape index (κ1) is 13.4. The largest absolute Gasteiger partial charge is 0.487 e. The van der Waals surface area contributed by atoms with E-state index in [4.69, 9.17) is 9.47 Å². The monoisotopic (exact) mass is 325 g/mol. The van der Waals surface area contributed by atoms with E-state index in [2.05, 4.69) is 46.4 Å². The van der Waals surface area contributed by atoms with Gasteiger partial charge in [-0.2, -0.15) is 0 Å². The molecule has 19 heavy (non-hydrogen) atoms. The molecule has 1 aromatic carbocycles. The van der Waals surface area contributed by atoms with Crippen molar-refractivity contribution in [1.82, 2.24) is 5.32 Å². The topological polar surface area (TPSA) is 30.5 Å². The van der Waals surface area contributed by atoms with Gasteiger partial charge in [-0.1, -0.05) is 22.9 Å². The van der Waals surface area contributed by atoms with E-state index in [1.54, 1.807) is 0 Å². The Kier molecular flexibility index (Phi) is 3.83. The van der Waals surface area contributed by atoms with E-state index in [1.165, 1.54) is 5.56 Å². The fourth-order valence-electron chi connectivity index (χ4n) is 3.12. The summed E-state index contributed by atoms with van der Waals surface area (Å²) in [5.74, 6) is 1.03. The summed E-state index contributed by atoms with van der Waals surface area (Å²) >= 11 is 3.55. The zero-order valence-corrected chi connectivity index (χ0v) is 12.8. The van der Waals surface area contributed by atoms with Crippen molar-refractivity contribution >= 4 is 15.9 Å². The lowest BCUT2D eigenvalue weighted by molar-refractivity contribution is -0.0644. The van der Waals surface area contributed by atoms with Crippen LogP contribution in [0.25, 0.3) is 0 Å². The van der Waals surface area contributed by atoms with Crippen molar-refractivity contribution in [3.63, 3.8) is 0 Å². The third-order valence-corrected chi connectivity index (χ3v) is 4.60. The lowest BCUT2D eigenvalue weighted by Gasteiger charge is -2.44. The van der Waals surface area contributed by atoms with Gasteiger partial charge in [-0.3, -0.25) is 0 Å². The number of nitrogens with one attached hydrogen (secondary N) is 1. The number of rotatable bonds is 2. The van der Waals surface area contributed by atoms with Crippen molar-refractivity contribution in [2.45, 2.75) is 37.8 Å². The standard InChI is InChI=1S/C15H20BrNO2/c1-2-17-13-10-15(5-7-18-8-6-15)19-14-4-3-11(16)9-12(13)14/h3-4,9,13,17H,2,5-8,10H2,1H3. The average molecular weight is 326 g/mol. The summed E-state index contributed by atoms with van der Waals surface area (Å²) < 4.78 is 13.0. The lowest BCUT2D eigenvalue weighted by Crippen LogP contribution is -2.47. The summed E-state index contributed by atoms with van der Waals surface area (Å²) in [6, 6.07) is 6.69. The van der Waals surface area contributed by atoms with Crippen LogP contribution in [0.15, 0.2) is 22.7 Å². The summed E-state index contributed by atoms with van der Waals surface area (Å²) in [4.78, 5) is 0. The first-order valence-electron chi connectivity index (χ1n) is 7.02. The molecule has 1 spiro atoms. The molecule has 0 amide bonds. The van der Waals surface area contributed by atoms with Crippen molar-refractivity contribution in [1.29, 1.82) is 0 Å². The highest BCUT2D eigenvalue weighted by molar-refractivity contribution is 9.10. The molecule has 0 aliphatic carbocycles. The molecule has 2 aliphatic rings. The molecule has 3 nitrogen and oxygen atoms in total. The Morgan fingerprint density at radius 1 is 1.37 bits per heavy atom. The summed E-state index contributed by atoms with van der Waals surface area (Å²) in [7, 11) is 0. The second-order valence-corrected chi connectivity index (χ2v) is 6.31. The number of hydrogen-bond acceptors (Lipinski definition) is 3. The third-order valence-electron chi connectivity index (χ3n) is 4.10. The predicted octanol–water partition coefficient (Wildman–Crippen LogP) is 3.43. The Morgan fingerprint density at radius 3 is 2.89 bits per heavy atom. The molecule has 1 N–H and O–H groups in total. The first-order valence-corrected chi connectivity index (χ1v) is 7.81. The number of halogens is 1. The van der Waals surface area contributed by atoms with E-state index < -0.39 is 0 Å². The van der Waals surface area contributed by atoms with Gasteiger partial charge in [0.2, 0.25) is 0 Å². The van der Waals surface area contributed by atoms with Crippen molar-refractivity contribution in [2.75, 3.05) is 19.8 Å². The van der Waals surface area contributed by atoms with Crippen LogP contribution >= 0.6 is 15.9 Å². The van der Waals surface area contributed by atoms with Gasteiger partial charge in [0.05, 0.1) is 13.2 Å². The van der Waals surface area contributed by atoms with Crippen LogP contribution in [-0.4, -0.2) is 25.4 Å². The molecule has 4 heteroatoms. The minimum Gasteiger partial charge on any atom is -0.487 e. The highest BCUT2D eigenvalue weighted by Crippen LogP contribution is 2.44. The number of hydrogen-bond donors (Lipinski definition) is 1. The quantitative estimate of drug-likeness (QED) is 0.903. The van der Waals surface area contributed by atoms with Gasteiger partial charge < -0.3 is 14.8 Å². The number of ether oxygens (including phenoxy) is 2. The summed E-state index contributed by atoms with van der Waals surface area (Å²) in [6.45, 7) is 4.75. The minimum atomic E-state index is -0.0358. The maximum atomic E-state index is 6.35. The van der Waals surface area contributed by atoms with Crippen molar-refractivity contribution in [2.24, 2.45) is 0 Å². The van der Waals surface area contributed by atoms with Crippen LogP contribution in [0.5, 0.6) is 5.75 Å². The Morgan fingerprint density at radius 2 is 2.16 bits per heavy atom. The van der Waals surface area contributed by atoms with Gasteiger partial charge in [0.25, 0.3) is 0 Å². The SMILES string of the molecule is CCNC1CC2(CCOCC2)Oc2ccc(Br)cc21. The molecule has 1 fully saturated rings. The molecule has 1 unspecified atom stereocenters. The lowest BCUT2D eigenvalue weighted by atomic mass is 9.82. The molecule has 3 rings (SSSR count). The average Bonchev–Trinajstić information content (AvgIpc) is 2.41. The summed E-state index contributed by atoms with van der Waals surface area (Å²) in [5.41, 5.74) is 1.24. The molecule has 0 saturated carbocycles. The van der Waals surface area contributed by atoms with Gasteiger partial charge in [-0.05, 0) is 24.7 Å². The predicted molar refractivity (Wildman–Crippen MR) is 78.6 cm³/mol. The maximum Gasteiger partial charge on any atom is 0.125 e. The smallest absolute Gasteiger partial charge is 0.125 e. The van der Waals surface area contributed by atoms with Crippen LogP contribution < -0.4 is 10.1 Å². The van der Waals surface area contributed by atoms with Crippen molar-refractivity contribution in [3.05, 3.63) is 28.2 Å². The van der Waals surface area contributed by atoms with E-state index in [1.807, 2.05) is 0 Å². The fourth-order valence-corrected chi connectivity index (χ4v) is 3.50. The van der Waals surface area contributed by atoms with Gasteiger partial charge in [-0.15, -0.1) is 0 Å². The van der Waals surface area contributed by atoms with Gasteiger partial charge in [0.15, 0.2) is 0 Å². The Balaban J connectivity index is 1.94. The van der Waals surface area contributed by atoms with E-state index in [0.717, 1.165) is 49.2 Å². The molecular formula is C15H20BrNO2. The second kappa shape index (κ2) is 5.43. The van der Waals surface area contributed by atoms with E-state index in [-0.39, 0.29) is 5.60 Å². The summed E-state index contributed by atoms with van der Waals surface area (Å²) in [5, 5.41) is 3.60. The molecule has 1 aromatic rings. The zero-order valence-electron chi connectivity index (χ0n) is 11.2. The van der Waals surface area contributed by atoms with Gasteiger partial charge in [0, 0.05) is 35.3 Å². The molecule has 1 saturated heterocycles. The second-order valence-electron chi connectivity index (χ2n) is 5.39. The Bertz CT molecular complexity index is 457. The van der Waals surface area contributed by atoms with Crippen LogP contribution in [0.1, 0.15) is 37.8 Å². The first-order chi connectivity index (χ1) is 9.22. The van der Waals surface area contributed by atoms with Gasteiger partial charge in [0.1, 0.15) is 11.4 Å². The normalized spacial score (nSPS) is 24.8. The van der Waals surface area contributed by atoms with Gasteiger partial charge in [-0.25, -0.2) is 0 Å². The molecular weight excluding hydrogens is 306 g/mol. The highest BCUT2D eigenvalue weighted by atomic mass is 79.9. The fraction of sp³-hybridized carbons (Fsp3) is 0.600. The van der Waals surface area contributed by atoms with Gasteiger partial charge >= 0.3 is 0 Å². The van der Waals surface area contributed by atoms with E-state index in [0.29, 0.717) is 6.04 Å². The van der Waals surface area contributed by atoms with E-state index >= 15 is 0 Å². The number of benzene rings is 1. The zero-order chi connectivity index (χ0) is 13.3. The minimum absolute atomic E-state index is 0.0358. The van der Waals surface area contributed by atoms with Crippen LogP contribution in [0, 0.1) is 0 Å². The third kappa shape index (κ3) is 2.67. The van der Waals surface area contributed by atoms with Crippen molar-refractivity contribution in [3.8, 4) is 5.75 Å². The Hall–Kier alpha value is -0.580. The molecule has 0 radical (unpaired) electrons. The van der Waals surface area contributed by atoms with Crippen LogP contribution in [-0.2, 0) is 4.74 Å². The molecule has 1 atom stereocenters. The molecule has 2 heterocycles. The molecule has 104 valence electrons. The summed E-state index contributed by atoms with van der Waals surface area (Å²) in [6.07, 6.45) is 3.02. The molecule has 2 aliphatic heterocycles. The maximum absolute atomic E-state index is 6.35.